The first-order chi connectivity index (χ1) is 10.1. The highest BCUT2D eigenvalue weighted by Crippen LogP contribution is 2.30. The molecule has 0 amide bonds. The number of hydrogen-bond acceptors (Lipinski definition) is 1. The molecule has 0 aliphatic heterocycles. The first-order valence-electron chi connectivity index (χ1n) is 7.82. The van der Waals surface area contributed by atoms with Crippen LogP contribution in [0.1, 0.15) is 39.0 Å². The summed E-state index contributed by atoms with van der Waals surface area (Å²) in [6.07, 6.45) is 8.51. The summed E-state index contributed by atoms with van der Waals surface area (Å²) in [5.74, 6) is -1.67. The number of alkyl halides is 2. The molecule has 1 aromatic rings. The Bertz CT molecular complexity index is 442. The van der Waals surface area contributed by atoms with Gasteiger partial charge in [-0.1, -0.05) is 56.9 Å². The van der Waals surface area contributed by atoms with Crippen LogP contribution in [0.5, 0.6) is 5.75 Å². The Kier molecular flexibility index (Phi) is 5.77. The summed E-state index contributed by atoms with van der Waals surface area (Å²) in [5.41, 5.74) is 0. The minimum absolute atomic E-state index is 0.273. The van der Waals surface area contributed by atoms with Crippen LogP contribution in [0.15, 0.2) is 42.5 Å². The fraction of sp³-hybridized carbons (Fsp3) is 0.556. The normalized spacial score (nSPS) is 24.0. The Labute approximate surface area is 126 Å². The van der Waals surface area contributed by atoms with E-state index in [2.05, 4.69) is 6.92 Å². The van der Waals surface area contributed by atoms with Crippen molar-refractivity contribution in [2.24, 2.45) is 11.8 Å². The lowest BCUT2D eigenvalue weighted by molar-refractivity contribution is 0.00449. The zero-order chi connectivity index (χ0) is 15.1. The Hall–Kier alpha value is -1.38. The van der Waals surface area contributed by atoms with E-state index < -0.39 is 12.5 Å². The molecule has 1 fully saturated rings. The Balaban J connectivity index is 1.88. The van der Waals surface area contributed by atoms with E-state index in [9.17, 15) is 8.78 Å². The maximum Gasteiger partial charge on any atom is 0.299 e. The maximum absolute atomic E-state index is 13.9. The number of ether oxygens (including phenoxy) is 1. The smallest absolute Gasteiger partial charge is 0.299 e. The molecule has 1 aliphatic rings. The van der Waals surface area contributed by atoms with Crippen molar-refractivity contribution in [1.29, 1.82) is 0 Å². The minimum Gasteiger partial charge on any atom is -0.487 e. The third-order valence-corrected chi connectivity index (χ3v) is 4.19. The Morgan fingerprint density at radius 2 is 1.86 bits per heavy atom. The van der Waals surface area contributed by atoms with Gasteiger partial charge in [-0.25, -0.2) is 0 Å². The maximum atomic E-state index is 13.9. The van der Waals surface area contributed by atoms with E-state index in [1.54, 1.807) is 30.3 Å². The quantitative estimate of drug-likeness (QED) is 0.516. The van der Waals surface area contributed by atoms with Crippen molar-refractivity contribution < 1.29 is 13.5 Å². The van der Waals surface area contributed by atoms with Crippen molar-refractivity contribution in [1.82, 2.24) is 0 Å². The minimum atomic E-state index is -2.91. The van der Waals surface area contributed by atoms with Gasteiger partial charge in [-0.2, -0.15) is 8.78 Å². The second-order valence-corrected chi connectivity index (χ2v) is 6.00. The van der Waals surface area contributed by atoms with Gasteiger partial charge < -0.3 is 4.74 Å². The predicted octanol–water partition coefficient (Wildman–Crippen LogP) is 5.47. The molecule has 2 rings (SSSR count). The van der Waals surface area contributed by atoms with E-state index in [4.69, 9.17) is 4.74 Å². The first-order valence-corrected chi connectivity index (χ1v) is 7.82. The summed E-state index contributed by atoms with van der Waals surface area (Å²) in [5, 5.41) is 0. The summed E-state index contributed by atoms with van der Waals surface area (Å²) in [6, 6.07) is 8.76. The second kappa shape index (κ2) is 7.58. The summed E-state index contributed by atoms with van der Waals surface area (Å²) >= 11 is 0. The van der Waals surface area contributed by atoms with Gasteiger partial charge in [0.1, 0.15) is 5.75 Å². The molecule has 1 aromatic carbocycles. The monoisotopic (exact) mass is 294 g/mol. The number of para-hydroxylation sites is 1. The summed E-state index contributed by atoms with van der Waals surface area (Å²) in [6.45, 7) is 1.56. The topological polar surface area (TPSA) is 9.23 Å². The van der Waals surface area contributed by atoms with E-state index >= 15 is 0 Å². The van der Waals surface area contributed by atoms with Crippen LogP contribution in [0.2, 0.25) is 0 Å². The van der Waals surface area contributed by atoms with Crippen molar-refractivity contribution in [3.63, 3.8) is 0 Å². The van der Waals surface area contributed by atoms with Crippen LogP contribution in [0.4, 0.5) is 8.78 Å². The van der Waals surface area contributed by atoms with Gasteiger partial charge in [-0.05, 0) is 36.5 Å². The second-order valence-electron chi connectivity index (χ2n) is 6.00. The van der Waals surface area contributed by atoms with Crippen LogP contribution in [0.3, 0.4) is 0 Å². The highest BCUT2D eigenvalue weighted by Gasteiger charge is 2.27. The molecule has 0 spiro atoms. The SMILES string of the molecule is CC1CCCCCC1/C=C/C(F)(F)COc1ccccc1. The highest BCUT2D eigenvalue weighted by molar-refractivity contribution is 5.21. The van der Waals surface area contributed by atoms with E-state index in [-0.39, 0.29) is 5.92 Å². The van der Waals surface area contributed by atoms with Crippen LogP contribution in [-0.4, -0.2) is 12.5 Å². The zero-order valence-electron chi connectivity index (χ0n) is 12.6. The van der Waals surface area contributed by atoms with Crippen LogP contribution in [0, 0.1) is 11.8 Å². The molecule has 1 aliphatic carbocycles. The van der Waals surface area contributed by atoms with Gasteiger partial charge in [0.25, 0.3) is 5.92 Å². The average Bonchev–Trinajstić information content (AvgIpc) is 2.69. The lowest BCUT2D eigenvalue weighted by Crippen LogP contribution is -2.23. The number of hydrogen-bond donors (Lipinski definition) is 0. The molecule has 1 saturated carbocycles. The fourth-order valence-corrected chi connectivity index (χ4v) is 2.82. The Morgan fingerprint density at radius 1 is 1.14 bits per heavy atom. The lowest BCUT2D eigenvalue weighted by Gasteiger charge is -2.19. The third kappa shape index (κ3) is 5.49. The van der Waals surface area contributed by atoms with Crippen LogP contribution in [0.25, 0.3) is 0 Å². The molecule has 2 atom stereocenters. The third-order valence-electron chi connectivity index (χ3n) is 4.19. The van der Waals surface area contributed by atoms with Gasteiger partial charge in [0, 0.05) is 0 Å². The fourth-order valence-electron chi connectivity index (χ4n) is 2.82. The van der Waals surface area contributed by atoms with Crippen molar-refractivity contribution in [2.75, 3.05) is 6.61 Å². The molecule has 116 valence electrons. The lowest BCUT2D eigenvalue weighted by atomic mass is 9.89. The summed E-state index contributed by atoms with van der Waals surface area (Å²) in [7, 11) is 0. The number of halogens is 2. The van der Waals surface area contributed by atoms with Gasteiger partial charge in [0.15, 0.2) is 6.61 Å². The van der Waals surface area contributed by atoms with Crippen molar-refractivity contribution >= 4 is 0 Å². The molecule has 0 saturated heterocycles. The molecule has 2 unspecified atom stereocenters. The number of allylic oxidation sites excluding steroid dienone is 1. The van der Waals surface area contributed by atoms with Crippen LogP contribution < -0.4 is 4.74 Å². The molecule has 0 heterocycles. The molecule has 21 heavy (non-hydrogen) atoms. The molecular weight excluding hydrogens is 270 g/mol. The molecule has 0 N–H and O–H groups in total. The van der Waals surface area contributed by atoms with Gasteiger partial charge in [-0.15, -0.1) is 0 Å². The Morgan fingerprint density at radius 3 is 2.62 bits per heavy atom. The standard InChI is InChI=1S/C18H24F2O/c1-15-8-4-2-5-9-16(15)12-13-18(19,20)14-21-17-10-6-3-7-11-17/h3,6-7,10-13,15-16H,2,4-5,8-9,14H2,1H3/b13-12+. The highest BCUT2D eigenvalue weighted by atomic mass is 19.3. The first kappa shape index (κ1) is 16.0. The predicted molar refractivity (Wildman–Crippen MR) is 81.8 cm³/mol. The van der Waals surface area contributed by atoms with Crippen LogP contribution >= 0.6 is 0 Å². The van der Waals surface area contributed by atoms with E-state index in [0.717, 1.165) is 25.3 Å². The van der Waals surface area contributed by atoms with Crippen LogP contribution in [-0.2, 0) is 0 Å². The molecule has 0 radical (unpaired) electrons. The number of benzene rings is 1. The molecule has 3 heteroatoms. The van der Waals surface area contributed by atoms with Gasteiger partial charge in [0.2, 0.25) is 0 Å². The van der Waals surface area contributed by atoms with Gasteiger partial charge in [0.05, 0.1) is 0 Å². The number of rotatable bonds is 5. The zero-order valence-corrected chi connectivity index (χ0v) is 12.6. The van der Waals surface area contributed by atoms with Crippen molar-refractivity contribution in [2.45, 2.75) is 45.0 Å². The van der Waals surface area contributed by atoms with Crippen molar-refractivity contribution in [3.05, 3.63) is 42.5 Å². The molecule has 1 nitrogen and oxygen atoms in total. The molecule has 0 bridgehead atoms. The van der Waals surface area contributed by atoms with Gasteiger partial charge in [-0.3, -0.25) is 0 Å². The van der Waals surface area contributed by atoms with E-state index in [1.807, 2.05) is 6.07 Å². The summed E-state index contributed by atoms with van der Waals surface area (Å²) in [4.78, 5) is 0. The largest absolute Gasteiger partial charge is 0.487 e. The van der Waals surface area contributed by atoms with Gasteiger partial charge >= 0.3 is 0 Å². The van der Waals surface area contributed by atoms with E-state index in [0.29, 0.717) is 11.7 Å². The molecule has 0 aromatic heterocycles. The molecular formula is C18H24F2O. The average molecular weight is 294 g/mol. The van der Waals surface area contributed by atoms with E-state index in [1.165, 1.54) is 12.8 Å². The van der Waals surface area contributed by atoms with Crippen molar-refractivity contribution in [3.8, 4) is 5.75 Å². The summed E-state index contributed by atoms with van der Waals surface area (Å²) < 4.78 is 32.9.